The van der Waals surface area contributed by atoms with Crippen molar-refractivity contribution in [3.8, 4) is 17.2 Å². The molecule has 4 rings (SSSR count). The Morgan fingerprint density at radius 2 is 1.64 bits per heavy atom. The highest BCUT2D eigenvalue weighted by atomic mass is 19.1. The number of halogens is 1. The van der Waals surface area contributed by atoms with Gasteiger partial charge in [-0.05, 0) is 79.9 Å². The lowest BCUT2D eigenvalue weighted by Gasteiger charge is -2.26. The number of benzene rings is 2. The zero-order valence-corrected chi connectivity index (χ0v) is 20.4. The number of ether oxygens (including phenoxy) is 2. The molecule has 0 saturated carbocycles. The molecule has 1 fully saturated rings. The molecule has 186 valence electrons. The maximum Gasteiger partial charge on any atom is 0.331 e. The molecule has 0 radical (unpaired) electrons. The van der Waals surface area contributed by atoms with Gasteiger partial charge in [-0.25, -0.2) is 9.18 Å². The van der Waals surface area contributed by atoms with Gasteiger partial charge >= 0.3 is 6.03 Å². The number of amides is 4. The number of hydrogen-bond acceptors (Lipinski definition) is 5. The Labute approximate surface area is 207 Å². The predicted molar refractivity (Wildman–Crippen MR) is 132 cm³/mol. The molecule has 0 unspecified atom stereocenters. The molecule has 0 aliphatic carbocycles. The molecular weight excluding hydrogens is 465 g/mol. The second-order valence-electron chi connectivity index (χ2n) is 8.35. The number of aromatic nitrogens is 1. The molecule has 0 spiro atoms. The first-order chi connectivity index (χ1) is 17.2. The van der Waals surface area contributed by atoms with Crippen LogP contribution in [-0.4, -0.2) is 48.1 Å². The van der Waals surface area contributed by atoms with E-state index in [-0.39, 0.29) is 17.9 Å². The topological polar surface area (TPSA) is 89.9 Å². The smallest absolute Gasteiger partial charge is 0.331 e. The van der Waals surface area contributed by atoms with E-state index in [9.17, 15) is 18.8 Å². The van der Waals surface area contributed by atoms with Crippen LogP contribution >= 0.6 is 0 Å². The molecule has 0 bridgehead atoms. The molecule has 1 aromatic heterocycles. The summed E-state index contributed by atoms with van der Waals surface area (Å²) in [5, 5.41) is 2.25. The van der Waals surface area contributed by atoms with E-state index in [1.807, 2.05) is 30.5 Å². The van der Waals surface area contributed by atoms with Crippen molar-refractivity contribution in [2.45, 2.75) is 20.3 Å². The van der Waals surface area contributed by atoms with Gasteiger partial charge in [0.2, 0.25) is 0 Å². The fraction of sp³-hybridized carbons (Fsp3) is 0.222. The minimum atomic E-state index is -0.764. The molecule has 3 aromatic rings. The minimum Gasteiger partial charge on any atom is -0.493 e. The van der Waals surface area contributed by atoms with Crippen LogP contribution in [0.2, 0.25) is 0 Å². The predicted octanol–water partition coefficient (Wildman–Crippen LogP) is 3.95. The quantitative estimate of drug-likeness (QED) is 0.399. The number of urea groups is 1. The number of carbonyl (C=O) groups is 3. The zero-order valence-electron chi connectivity index (χ0n) is 20.4. The minimum absolute atomic E-state index is 0.0688. The Morgan fingerprint density at radius 1 is 0.944 bits per heavy atom. The number of carbonyl (C=O) groups excluding carboxylic acids is 3. The average Bonchev–Trinajstić information content (AvgIpc) is 3.14. The lowest BCUT2D eigenvalue weighted by atomic mass is 10.1. The maximum absolute atomic E-state index is 13.4. The van der Waals surface area contributed by atoms with Crippen molar-refractivity contribution < 1.29 is 28.2 Å². The fourth-order valence-electron chi connectivity index (χ4n) is 4.25. The summed E-state index contributed by atoms with van der Waals surface area (Å²) in [6, 6.07) is 12.4. The Kier molecular flexibility index (Phi) is 6.91. The summed E-state index contributed by atoms with van der Waals surface area (Å²) < 4.78 is 25.8. The first-order valence-electron chi connectivity index (χ1n) is 11.3. The van der Waals surface area contributed by atoms with Crippen molar-refractivity contribution in [1.82, 2.24) is 14.8 Å². The number of imide groups is 2. The SMILES string of the molecule is COc1ccc(CCN2C(=O)NC(=O)/C(=C/c3cc(C)n(-c4ccc(F)cc4)c3C)C2=O)cc1OC. The molecule has 1 aliphatic rings. The van der Waals surface area contributed by atoms with E-state index in [1.54, 1.807) is 24.3 Å². The first-order valence-corrected chi connectivity index (χ1v) is 11.3. The van der Waals surface area contributed by atoms with Crippen LogP contribution < -0.4 is 14.8 Å². The van der Waals surface area contributed by atoms with Crippen LogP contribution in [-0.2, 0) is 16.0 Å². The van der Waals surface area contributed by atoms with Gasteiger partial charge in [0, 0.05) is 23.6 Å². The normalized spacial score (nSPS) is 14.9. The Morgan fingerprint density at radius 3 is 2.31 bits per heavy atom. The largest absolute Gasteiger partial charge is 0.493 e. The molecule has 1 aliphatic heterocycles. The highest BCUT2D eigenvalue weighted by Gasteiger charge is 2.35. The summed E-state index contributed by atoms with van der Waals surface area (Å²) in [6.45, 7) is 3.79. The van der Waals surface area contributed by atoms with Crippen LogP contribution in [0.3, 0.4) is 0 Å². The van der Waals surface area contributed by atoms with Crippen LogP contribution in [0.4, 0.5) is 9.18 Å². The molecule has 1 N–H and O–H groups in total. The van der Waals surface area contributed by atoms with E-state index >= 15 is 0 Å². The highest BCUT2D eigenvalue weighted by molar-refractivity contribution is 6.31. The third kappa shape index (κ3) is 4.72. The van der Waals surface area contributed by atoms with Gasteiger partial charge in [0.1, 0.15) is 11.4 Å². The third-order valence-electron chi connectivity index (χ3n) is 6.11. The number of nitrogens with one attached hydrogen (secondary N) is 1. The van der Waals surface area contributed by atoms with Crippen LogP contribution in [0, 0.1) is 19.7 Å². The van der Waals surface area contributed by atoms with Gasteiger partial charge in [-0.15, -0.1) is 0 Å². The van der Waals surface area contributed by atoms with Crippen molar-refractivity contribution >= 4 is 23.9 Å². The molecular formula is C27H26FN3O5. The van der Waals surface area contributed by atoms with E-state index in [1.165, 1.54) is 32.4 Å². The van der Waals surface area contributed by atoms with E-state index in [0.717, 1.165) is 27.5 Å². The monoisotopic (exact) mass is 491 g/mol. The van der Waals surface area contributed by atoms with Crippen molar-refractivity contribution in [1.29, 1.82) is 0 Å². The maximum atomic E-state index is 13.4. The highest BCUT2D eigenvalue weighted by Crippen LogP contribution is 2.28. The molecule has 0 atom stereocenters. The lowest BCUT2D eigenvalue weighted by molar-refractivity contribution is -0.130. The van der Waals surface area contributed by atoms with E-state index in [0.29, 0.717) is 23.5 Å². The van der Waals surface area contributed by atoms with Gasteiger partial charge < -0.3 is 14.0 Å². The molecule has 4 amide bonds. The van der Waals surface area contributed by atoms with Crippen LogP contribution in [0.1, 0.15) is 22.5 Å². The number of rotatable bonds is 7. The standard InChI is InChI=1S/C27H26FN3O5/c1-16-13-19(17(2)31(16)21-8-6-20(28)7-9-21)15-22-25(32)29-27(34)30(26(22)33)12-11-18-5-10-23(35-3)24(14-18)36-4/h5-10,13-15H,11-12H2,1-4H3,(H,29,32,34)/b22-15-. The van der Waals surface area contributed by atoms with Gasteiger partial charge in [-0.3, -0.25) is 19.8 Å². The van der Waals surface area contributed by atoms with Gasteiger partial charge in [-0.1, -0.05) is 6.07 Å². The number of methoxy groups -OCH3 is 2. The molecule has 8 nitrogen and oxygen atoms in total. The Hall–Kier alpha value is -4.40. The second kappa shape index (κ2) is 10.1. The van der Waals surface area contributed by atoms with Gasteiger partial charge in [-0.2, -0.15) is 0 Å². The number of hydrogen-bond donors (Lipinski definition) is 1. The number of aryl methyl sites for hydroxylation is 1. The summed E-state index contributed by atoms with van der Waals surface area (Å²) in [6.07, 6.45) is 1.84. The summed E-state index contributed by atoms with van der Waals surface area (Å²) in [7, 11) is 3.06. The van der Waals surface area contributed by atoms with Crippen LogP contribution in [0.5, 0.6) is 11.5 Å². The lowest BCUT2D eigenvalue weighted by Crippen LogP contribution is -2.54. The van der Waals surface area contributed by atoms with Gasteiger partial charge in [0.15, 0.2) is 11.5 Å². The number of nitrogens with zero attached hydrogens (tertiary/aromatic N) is 2. The summed E-state index contributed by atoms with van der Waals surface area (Å²) in [5.74, 6) is -0.653. The summed E-state index contributed by atoms with van der Waals surface area (Å²) in [5.41, 5.74) is 3.70. The van der Waals surface area contributed by atoms with E-state index in [4.69, 9.17) is 9.47 Å². The number of barbiturate groups is 1. The van der Waals surface area contributed by atoms with Crippen molar-refractivity contribution in [3.63, 3.8) is 0 Å². The van der Waals surface area contributed by atoms with E-state index < -0.39 is 17.8 Å². The molecule has 1 saturated heterocycles. The molecule has 9 heteroatoms. The average molecular weight is 492 g/mol. The summed E-state index contributed by atoms with van der Waals surface area (Å²) >= 11 is 0. The van der Waals surface area contributed by atoms with Gasteiger partial charge in [0.05, 0.1) is 14.2 Å². The second-order valence-corrected chi connectivity index (χ2v) is 8.35. The third-order valence-corrected chi connectivity index (χ3v) is 6.11. The molecule has 36 heavy (non-hydrogen) atoms. The first kappa shape index (κ1) is 24.7. The van der Waals surface area contributed by atoms with Gasteiger partial charge in [0.25, 0.3) is 11.8 Å². The molecule has 2 aromatic carbocycles. The van der Waals surface area contributed by atoms with Crippen molar-refractivity contribution in [2.24, 2.45) is 0 Å². The fourth-order valence-corrected chi connectivity index (χ4v) is 4.25. The summed E-state index contributed by atoms with van der Waals surface area (Å²) in [4.78, 5) is 39.2. The van der Waals surface area contributed by atoms with E-state index in [2.05, 4.69) is 5.32 Å². The van der Waals surface area contributed by atoms with Crippen LogP contribution in [0.15, 0.2) is 54.1 Å². The van der Waals surface area contributed by atoms with Crippen LogP contribution in [0.25, 0.3) is 11.8 Å². The zero-order chi connectivity index (χ0) is 26.0. The Bertz CT molecular complexity index is 1370. The van der Waals surface area contributed by atoms with Crippen molar-refractivity contribution in [3.05, 3.63) is 82.4 Å². The Balaban J connectivity index is 1.59. The van der Waals surface area contributed by atoms with Crippen molar-refractivity contribution in [2.75, 3.05) is 20.8 Å². The molecule has 2 heterocycles.